The van der Waals surface area contributed by atoms with Crippen LogP contribution < -0.4 is 15.4 Å². The van der Waals surface area contributed by atoms with Gasteiger partial charge in [0.15, 0.2) is 11.6 Å². The van der Waals surface area contributed by atoms with E-state index in [0.717, 1.165) is 12.1 Å². The van der Waals surface area contributed by atoms with E-state index in [0.29, 0.717) is 25.5 Å². The van der Waals surface area contributed by atoms with Crippen LogP contribution in [-0.4, -0.2) is 48.1 Å². The molecular weight excluding hydrogens is 533 g/mol. The Hall–Kier alpha value is -2.62. The first-order valence-corrected chi connectivity index (χ1v) is 13.2. The highest BCUT2D eigenvalue weighted by Gasteiger charge is 2.61. The van der Waals surface area contributed by atoms with Crippen LogP contribution >= 0.6 is 11.6 Å². The molecule has 3 N–H and O–H groups in total. The molecule has 6 nitrogen and oxygen atoms in total. The number of carbonyl (C=O) groups is 2. The number of methoxy groups -OCH3 is 1. The number of amides is 1. The Morgan fingerprint density at radius 1 is 1.23 bits per heavy atom. The molecule has 0 spiro atoms. The van der Waals surface area contributed by atoms with E-state index in [-0.39, 0.29) is 27.9 Å². The van der Waals surface area contributed by atoms with Crippen LogP contribution in [0.2, 0.25) is 5.02 Å². The lowest BCUT2D eigenvalue weighted by molar-refractivity contribution is -0.127. The van der Waals surface area contributed by atoms with E-state index in [9.17, 15) is 23.5 Å². The van der Waals surface area contributed by atoms with Crippen LogP contribution in [0.1, 0.15) is 64.0 Å². The van der Waals surface area contributed by atoms with Crippen molar-refractivity contribution in [1.29, 1.82) is 0 Å². The van der Waals surface area contributed by atoms with E-state index in [1.807, 2.05) is 20.8 Å². The van der Waals surface area contributed by atoms with Crippen LogP contribution in [0, 0.1) is 22.9 Å². The van der Waals surface area contributed by atoms with E-state index in [2.05, 4.69) is 10.6 Å². The molecule has 2 aromatic rings. The normalized spacial score (nSPS) is 30.5. The number of ether oxygens (including phenoxy) is 1. The standard InChI is InChI=1S/C29H34ClF3N2O4/c1-27(2,3)13-22-29(14-36,17-9-19(31)20(32)10-21(17)39-5)23(16-7-6-8-18(30)24(16)33)25(35-22)26(37)34-15-11-28(4,38)12-15/h6-10,14-15,22-23,25,35,38H,11-13H2,1-5H3,(H,34,37)/t15?,22-,23+,25-,28?,29-/m1/s1. The third-order valence-corrected chi connectivity index (χ3v) is 8.14. The molecule has 2 aliphatic rings. The van der Waals surface area contributed by atoms with Crippen molar-refractivity contribution in [3.63, 3.8) is 0 Å². The minimum absolute atomic E-state index is 0.00750. The van der Waals surface area contributed by atoms with Crippen LogP contribution in [0.3, 0.4) is 0 Å². The van der Waals surface area contributed by atoms with Crippen LogP contribution in [0.5, 0.6) is 5.75 Å². The predicted molar refractivity (Wildman–Crippen MR) is 141 cm³/mol. The van der Waals surface area contributed by atoms with Crippen LogP contribution in [-0.2, 0) is 15.0 Å². The summed E-state index contributed by atoms with van der Waals surface area (Å²) in [5.74, 6) is -5.03. The second kappa shape index (κ2) is 10.4. The van der Waals surface area contributed by atoms with Crippen molar-refractivity contribution < 1.29 is 32.6 Å². The second-order valence-corrected chi connectivity index (χ2v) is 12.6. The summed E-state index contributed by atoms with van der Waals surface area (Å²) >= 11 is 6.15. The zero-order valence-electron chi connectivity index (χ0n) is 22.6. The number of rotatable bonds is 7. The molecule has 0 radical (unpaired) electrons. The largest absolute Gasteiger partial charge is 0.496 e. The number of hydrogen-bond donors (Lipinski definition) is 3. The lowest BCUT2D eigenvalue weighted by Gasteiger charge is -2.42. The maximum Gasteiger partial charge on any atom is 0.238 e. The molecule has 39 heavy (non-hydrogen) atoms. The molecule has 10 heteroatoms. The number of carbonyl (C=O) groups excluding carboxylic acids is 2. The first kappa shape index (κ1) is 29.4. The van der Waals surface area contributed by atoms with Gasteiger partial charge in [-0.05, 0) is 49.3 Å². The Bertz CT molecular complexity index is 1270. The lowest BCUT2D eigenvalue weighted by Crippen LogP contribution is -2.57. The molecule has 0 bridgehead atoms. The zero-order chi connectivity index (χ0) is 28.9. The Labute approximate surface area is 231 Å². The third-order valence-electron chi connectivity index (χ3n) is 7.84. The van der Waals surface area contributed by atoms with Crippen molar-refractivity contribution in [2.75, 3.05) is 7.11 Å². The second-order valence-electron chi connectivity index (χ2n) is 12.2. The molecule has 1 aliphatic heterocycles. The van der Waals surface area contributed by atoms with E-state index in [1.54, 1.807) is 6.92 Å². The molecule has 4 atom stereocenters. The zero-order valence-corrected chi connectivity index (χ0v) is 23.3. The Kier molecular flexibility index (Phi) is 7.84. The van der Waals surface area contributed by atoms with Crippen LogP contribution in [0.25, 0.3) is 0 Å². The van der Waals surface area contributed by atoms with Gasteiger partial charge in [-0.15, -0.1) is 0 Å². The lowest BCUT2D eigenvalue weighted by atomic mass is 9.62. The molecule has 2 fully saturated rings. The minimum atomic E-state index is -1.76. The summed E-state index contributed by atoms with van der Waals surface area (Å²) in [6.07, 6.45) is 1.57. The summed E-state index contributed by atoms with van der Waals surface area (Å²) in [5.41, 5.74) is -3.09. The van der Waals surface area contributed by atoms with Crippen molar-refractivity contribution in [2.45, 2.75) is 82.0 Å². The fourth-order valence-electron chi connectivity index (χ4n) is 6.21. The summed E-state index contributed by atoms with van der Waals surface area (Å²) in [5, 5.41) is 16.1. The first-order chi connectivity index (χ1) is 18.1. The molecule has 1 saturated carbocycles. The molecule has 212 valence electrons. The highest BCUT2D eigenvalue weighted by Crippen LogP contribution is 2.53. The molecule has 1 aliphatic carbocycles. The highest BCUT2D eigenvalue weighted by molar-refractivity contribution is 6.30. The summed E-state index contributed by atoms with van der Waals surface area (Å²) in [6.45, 7) is 7.47. The Balaban J connectivity index is 1.96. The van der Waals surface area contributed by atoms with Gasteiger partial charge in [0.1, 0.15) is 17.9 Å². The number of aliphatic hydroxyl groups is 1. The smallest absolute Gasteiger partial charge is 0.238 e. The maximum absolute atomic E-state index is 15.7. The number of nitrogens with one attached hydrogen (secondary N) is 2. The van der Waals surface area contributed by atoms with E-state index in [4.69, 9.17) is 16.3 Å². The SMILES string of the molecule is COc1cc(F)c(F)cc1[C@]1(C=O)[C@@H](CC(C)(C)C)N[C@@H](C(=O)NC2CC(C)(O)C2)[C@@H]1c1cccc(Cl)c1F. The van der Waals surface area contributed by atoms with Gasteiger partial charge in [0.25, 0.3) is 0 Å². The van der Waals surface area contributed by atoms with Crippen LogP contribution in [0.15, 0.2) is 30.3 Å². The first-order valence-electron chi connectivity index (χ1n) is 12.9. The average Bonchev–Trinajstić information content (AvgIpc) is 3.14. The highest BCUT2D eigenvalue weighted by atomic mass is 35.5. The maximum atomic E-state index is 15.7. The summed E-state index contributed by atoms with van der Waals surface area (Å²) in [7, 11) is 1.26. The van der Waals surface area contributed by atoms with E-state index in [1.165, 1.54) is 25.3 Å². The number of benzene rings is 2. The van der Waals surface area contributed by atoms with Gasteiger partial charge >= 0.3 is 0 Å². The van der Waals surface area contributed by atoms with Gasteiger partial charge < -0.3 is 25.3 Å². The molecule has 2 aromatic carbocycles. The summed E-state index contributed by atoms with van der Waals surface area (Å²) < 4.78 is 50.2. The minimum Gasteiger partial charge on any atom is -0.496 e. The van der Waals surface area contributed by atoms with Gasteiger partial charge in [-0.1, -0.05) is 44.5 Å². The monoisotopic (exact) mass is 566 g/mol. The van der Waals surface area contributed by atoms with Crippen molar-refractivity contribution in [3.8, 4) is 5.75 Å². The van der Waals surface area contributed by atoms with E-state index < -0.39 is 57.8 Å². The molecule has 1 heterocycles. The fraction of sp³-hybridized carbons (Fsp3) is 0.517. The molecule has 1 amide bonds. The number of aldehydes is 1. The van der Waals surface area contributed by atoms with Crippen molar-refractivity contribution in [3.05, 3.63) is 63.9 Å². The molecular formula is C29H34ClF3N2O4. The van der Waals surface area contributed by atoms with Gasteiger partial charge in [-0.3, -0.25) is 4.79 Å². The molecule has 4 rings (SSSR count). The Morgan fingerprint density at radius 3 is 2.44 bits per heavy atom. The van der Waals surface area contributed by atoms with Crippen LogP contribution in [0.4, 0.5) is 13.2 Å². The quantitative estimate of drug-likeness (QED) is 0.419. The predicted octanol–water partition coefficient (Wildman–Crippen LogP) is 4.79. The number of halogens is 4. The summed E-state index contributed by atoms with van der Waals surface area (Å²) in [6, 6.07) is 3.75. The average molecular weight is 567 g/mol. The fourth-order valence-corrected chi connectivity index (χ4v) is 6.39. The van der Waals surface area contributed by atoms with Gasteiger partial charge in [0, 0.05) is 29.6 Å². The third kappa shape index (κ3) is 5.41. The number of hydrogen-bond acceptors (Lipinski definition) is 5. The molecule has 0 aromatic heterocycles. The van der Waals surface area contributed by atoms with Gasteiger partial charge in [-0.25, -0.2) is 13.2 Å². The summed E-state index contributed by atoms with van der Waals surface area (Å²) in [4.78, 5) is 27.2. The van der Waals surface area contributed by atoms with Gasteiger partial charge in [-0.2, -0.15) is 0 Å². The van der Waals surface area contributed by atoms with Gasteiger partial charge in [0.2, 0.25) is 5.91 Å². The van der Waals surface area contributed by atoms with Gasteiger partial charge in [0.05, 0.1) is 29.2 Å². The topological polar surface area (TPSA) is 87.7 Å². The molecule has 1 saturated heterocycles. The van der Waals surface area contributed by atoms with Crippen molar-refractivity contribution >= 4 is 23.8 Å². The van der Waals surface area contributed by atoms with E-state index >= 15 is 4.39 Å². The van der Waals surface area contributed by atoms with Crippen molar-refractivity contribution in [2.24, 2.45) is 5.41 Å². The Morgan fingerprint density at radius 2 is 1.87 bits per heavy atom. The molecule has 0 unspecified atom stereocenters. The van der Waals surface area contributed by atoms with Crippen molar-refractivity contribution in [1.82, 2.24) is 10.6 Å².